The lowest BCUT2D eigenvalue weighted by atomic mass is 9.88. The maximum Gasteiger partial charge on any atom is 0.277 e. The summed E-state index contributed by atoms with van der Waals surface area (Å²) >= 11 is 0. The maximum atomic E-state index is 12.8. The standard InChI is InChI=1S/C22H20N4O3/c1-2-12-26-17-11-7-6-10-15(17)19(22(26)29)24-25-21(28)18-16(13-23-20(18)27)14-8-4-3-5-9-14/h2-11,16,18,29H,1,12-13H2,(H,23,27)/t16-,18-/m1/s1. The van der Waals surface area contributed by atoms with Crippen molar-refractivity contribution in [2.75, 3.05) is 6.54 Å². The van der Waals surface area contributed by atoms with Crippen molar-refractivity contribution >= 4 is 28.4 Å². The molecule has 7 heteroatoms. The first-order chi connectivity index (χ1) is 14.1. The lowest BCUT2D eigenvalue weighted by Crippen LogP contribution is -2.25. The Labute approximate surface area is 167 Å². The molecule has 0 unspecified atom stereocenters. The second kappa shape index (κ2) is 7.71. The van der Waals surface area contributed by atoms with Gasteiger partial charge >= 0.3 is 0 Å². The summed E-state index contributed by atoms with van der Waals surface area (Å²) in [6.07, 6.45) is 1.66. The highest BCUT2D eigenvalue weighted by Gasteiger charge is 2.41. The second-order valence-electron chi connectivity index (χ2n) is 6.87. The normalized spacial score (nSPS) is 19.0. The van der Waals surface area contributed by atoms with Gasteiger partial charge in [0.2, 0.25) is 11.8 Å². The average molecular weight is 388 g/mol. The van der Waals surface area contributed by atoms with E-state index in [2.05, 4.69) is 22.1 Å². The van der Waals surface area contributed by atoms with E-state index in [4.69, 9.17) is 0 Å². The van der Waals surface area contributed by atoms with Crippen molar-refractivity contribution in [1.82, 2.24) is 9.88 Å². The molecule has 0 radical (unpaired) electrons. The van der Waals surface area contributed by atoms with E-state index < -0.39 is 11.8 Å². The average Bonchev–Trinajstić information content (AvgIpc) is 3.25. The molecule has 1 aliphatic heterocycles. The highest BCUT2D eigenvalue weighted by molar-refractivity contribution is 6.03. The Bertz CT molecular complexity index is 1120. The number of aromatic nitrogens is 1. The molecule has 0 aliphatic carbocycles. The fourth-order valence-electron chi connectivity index (χ4n) is 3.76. The highest BCUT2D eigenvalue weighted by atomic mass is 16.3. The number of azo groups is 1. The predicted octanol–water partition coefficient (Wildman–Crippen LogP) is 3.67. The maximum absolute atomic E-state index is 12.8. The number of nitrogens with one attached hydrogen (secondary N) is 1. The molecule has 2 N–H and O–H groups in total. The van der Waals surface area contributed by atoms with Crippen LogP contribution in [0.5, 0.6) is 5.88 Å². The van der Waals surface area contributed by atoms with E-state index in [1.807, 2.05) is 48.5 Å². The lowest BCUT2D eigenvalue weighted by Gasteiger charge is -2.13. The molecule has 0 spiro atoms. The molecular formula is C22H20N4O3. The van der Waals surface area contributed by atoms with Gasteiger partial charge in [0.1, 0.15) is 5.92 Å². The molecule has 2 atom stereocenters. The van der Waals surface area contributed by atoms with E-state index in [1.54, 1.807) is 16.7 Å². The predicted molar refractivity (Wildman–Crippen MR) is 109 cm³/mol. The van der Waals surface area contributed by atoms with Gasteiger partial charge in [0.05, 0.1) is 5.52 Å². The summed E-state index contributed by atoms with van der Waals surface area (Å²) in [7, 11) is 0. The Kier molecular flexibility index (Phi) is 4.95. The van der Waals surface area contributed by atoms with Gasteiger partial charge in [-0.15, -0.1) is 16.8 Å². The van der Waals surface area contributed by atoms with Gasteiger partial charge < -0.3 is 15.0 Å². The minimum absolute atomic E-state index is 0.0990. The summed E-state index contributed by atoms with van der Waals surface area (Å²) in [5.74, 6) is -2.33. The number of carbonyl (C=O) groups is 2. The van der Waals surface area contributed by atoms with Gasteiger partial charge in [-0.05, 0) is 11.6 Å². The van der Waals surface area contributed by atoms with E-state index in [-0.39, 0.29) is 23.4 Å². The van der Waals surface area contributed by atoms with Gasteiger partial charge in [-0.25, -0.2) is 0 Å². The molecule has 0 saturated carbocycles. The van der Waals surface area contributed by atoms with E-state index in [9.17, 15) is 14.7 Å². The molecule has 4 rings (SSSR count). The number of amides is 2. The van der Waals surface area contributed by atoms with Gasteiger partial charge in [0.25, 0.3) is 5.91 Å². The summed E-state index contributed by atoms with van der Waals surface area (Å²) in [4.78, 5) is 25.0. The number of nitrogens with zero attached hydrogens (tertiary/aromatic N) is 3. The van der Waals surface area contributed by atoms with Crippen LogP contribution in [0.15, 0.2) is 77.5 Å². The molecule has 2 amide bonds. The van der Waals surface area contributed by atoms with Crippen molar-refractivity contribution in [3.05, 3.63) is 72.8 Å². The molecule has 1 aromatic heterocycles. The van der Waals surface area contributed by atoms with Crippen molar-refractivity contribution < 1.29 is 14.7 Å². The summed E-state index contributed by atoms with van der Waals surface area (Å²) in [6.45, 7) is 4.46. The van der Waals surface area contributed by atoms with Crippen LogP contribution in [0, 0.1) is 5.92 Å². The molecule has 7 nitrogen and oxygen atoms in total. The molecule has 1 aliphatic rings. The monoisotopic (exact) mass is 388 g/mol. The van der Waals surface area contributed by atoms with Crippen molar-refractivity contribution in [2.45, 2.75) is 12.5 Å². The van der Waals surface area contributed by atoms with E-state index in [1.165, 1.54) is 0 Å². The molecule has 0 bridgehead atoms. The third kappa shape index (κ3) is 3.31. The Morgan fingerprint density at radius 2 is 1.93 bits per heavy atom. The zero-order valence-corrected chi connectivity index (χ0v) is 15.7. The minimum atomic E-state index is -0.940. The topological polar surface area (TPSA) is 96.0 Å². The molecule has 1 fully saturated rings. The minimum Gasteiger partial charge on any atom is -0.493 e. The van der Waals surface area contributed by atoms with Crippen LogP contribution < -0.4 is 5.32 Å². The number of hydrogen-bond acceptors (Lipinski definition) is 4. The Morgan fingerprint density at radius 1 is 1.21 bits per heavy atom. The highest BCUT2D eigenvalue weighted by Crippen LogP contribution is 2.39. The van der Waals surface area contributed by atoms with Crippen LogP contribution >= 0.6 is 0 Å². The molecular weight excluding hydrogens is 368 g/mol. The fourth-order valence-corrected chi connectivity index (χ4v) is 3.76. The van der Waals surface area contributed by atoms with Crippen LogP contribution in [0.4, 0.5) is 5.69 Å². The van der Waals surface area contributed by atoms with Gasteiger partial charge in [0.15, 0.2) is 5.69 Å². The number of carbonyl (C=O) groups excluding carboxylic acids is 2. The summed E-state index contributed by atoms with van der Waals surface area (Å²) in [5, 5.41) is 21.8. The van der Waals surface area contributed by atoms with E-state index in [0.717, 1.165) is 11.1 Å². The Morgan fingerprint density at radius 3 is 2.69 bits per heavy atom. The number of benzene rings is 2. The van der Waals surface area contributed by atoms with Crippen LogP contribution in [0.1, 0.15) is 11.5 Å². The van der Waals surface area contributed by atoms with Crippen molar-refractivity contribution in [1.29, 1.82) is 0 Å². The second-order valence-corrected chi connectivity index (χ2v) is 6.87. The molecule has 2 heterocycles. The molecule has 3 aromatic rings. The number of rotatable bonds is 5. The number of aromatic hydroxyl groups is 1. The molecule has 29 heavy (non-hydrogen) atoms. The number of allylic oxidation sites excluding steroid dienone is 1. The summed E-state index contributed by atoms with van der Waals surface area (Å²) < 4.78 is 1.64. The number of fused-ring (bicyclic) bond motifs is 1. The zero-order chi connectivity index (χ0) is 20.4. The lowest BCUT2D eigenvalue weighted by molar-refractivity contribution is -0.131. The summed E-state index contributed by atoms with van der Waals surface area (Å²) in [6, 6.07) is 16.7. The molecule has 1 saturated heterocycles. The van der Waals surface area contributed by atoms with Crippen LogP contribution in [0.3, 0.4) is 0 Å². The van der Waals surface area contributed by atoms with Crippen molar-refractivity contribution in [2.24, 2.45) is 16.1 Å². The van der Waals surface area contributed by atoms with Gasteiger partial charge in [0, 0.05) is 24.4 Å². The third-order valence-electron chi connectivity index (χ3n) is 5.15. The van der Waals surface area contributed by atoms with Crippen molar-refractivity contribution in [3.8, 4) is 5.88 Å². The smallest absolute Gasteiger partial charge is 0.277 e. The summed E-state index contributed by atoms with van der Waals surface area (Å²) in [5.41, 5.74) is 1.85. The quantitative estimate of drug-likeness (QED) is 0.396. The zero-order valence-electron chi connectivity index (χ0n) is 15.7. The first kappa shape index (κ1) is 18.6. The largest absolute Gasteiger partial charge is 0.493 e. The molecule has 146 valence electrons. The van der Waals surface area contributed by atoms with Crippen LogP contribution in [0.25, 0.3) is 10.9 Å². The van der Waals surface area contributed by atoms with Gasteiger partial charge in [-0.2, -0.15) is 0 Å². The van der Waals surface area contributed by atoms with Gasteiger partial charge in [-0.1, -0.05) is 54.6 Å². The van der Waals surface area contributed by atoms with Crippen molar-refractivity contribution in [3.63, 3.8) is 0 Å². The van der Waals surface area contributed by atoms with Crippen LogP contribution in [-0.4, -0.2) is 28.0 Å². The van der Waals surface area contributed by atoms with E-state index in [0.29, 0.717) is 18.5 Å². The van der Waals surface area contributed by atoms with E-state index >= 15 is 0 Å². The first-order valence-electron chi connectivity index (χ1n) is 9.31. The molecule has 2 aromatic carbocycles. The number of hydrogen-bond donors (Lipinski definition) is 2. The fraction of sp³-hybridized carbons (Fsp3) is 0.182. The third-order valence-corrected chi connectivity index (χ3v) is 5.15. The number of para-hydroxylation sites is 1. The first-order valence-corrected chi connectivity index (χ1v) is 9.31. The van der Waals surface area contributed by atoms with Gasteiger partial charge in [-0.3, -0.25) is 9.59 Å². The Balaban J connectivity index is 1.67. The van der Waals surface area contributed by atoms with Crippen LogP contribution in [-0.2, 0) is 16.1 Å². The Hall–Kier alpha value is -3.74. The SMILES string of the molecule is C=CCn1c(O)c(N=NC(=O)[C@H]2C(=O)NC[C@@H]2c2ccccc2)c2ccccc21. The van der Waals surface area contributed by atoms with Crippen LogP contribution in [0.2, 0.25) is 0 Å².